The van der Waals surface area contributed by atoms with Crippen molar-refractivity contribution in [1.29, 1.82) is 0 Å². The second-order valence-corrected chi connectivity index (χ2v) is 6.62. The van der Waals surface area contributed by atoms with E-state index in [-0.39, 0.29) is 16.6 Å². The van der Waals surface area contributed by atoms with Gasteiger partial charge in [-0.3, -0.25) is 10.1 Å². The first-order valence-corrected chi connectivity index (χ1v) is 7.86. The maximum absolute atomic E-state index is 12.1. The summed E-state index contributed by atoms with van der Waals surface area (Å²) in [4.78, 5) is 10.2. The zero-order valence-corrected chi connectivity index (χ0v) is 11.9. The van der Waals surface area contributed by atoms with Gasteiger partial charge in [-0.2, -0.15) is 0 Å². The molecule has 110 valence electrons. The zero-order valence-electron chi connectivity index (χ0n) is 11.1. The van der Waals surface area contributed by atoms with Crippen LogP contribution in [0.4, 0.5) is 5.69 Å². The van der Waals surface area contributed by atoms with E-state index in [0.29, 0.717) is 12.1 Å². The van der Waals surface area contributed by atoms with E-state index >= 15 is 0 Å². The summed E-state index contributed by atoms with van der Waals surface area (Å²) in [7, 11) is -3.71. The highest BCUT2D eigenvalue weighted by molar-refractivity contribution is 7.89. The molecule has 1 unspecified atom stereocenters. The number of hydrogen-bond donors (Lipinski definition) is 2. The maximum atomic E-state index is 12.1. The van der Waals surface area contributed by atoms with Crippen LogP contribution in [0, 0.1) is 17.0 Å². The number of rotatable bonds is 5. The number of nitrogens with zero attached hydrogens (tertiary/aromatic N) is 1. The van der Waals surface area contributed by atoms with E-state index in [1.165, 1.54) is 12.1 Å². The highest BCUT2D eigenvalue weighted by atomic mass is 32.2. The molecule has 2 N–H and O–H groups in total. The Morgan fingerprint density at radius 2 is 2.25 bits per heavy atom. The van der Waals surface area contributed by atoms with Crippen LogP contribution in [-0.2, 0) is 10.0 Å². The second-order valence-electron chi connectivity index (χ2n) is 4.85. The van der Waals surface area contributed by atoms with Crippen molar-refractivity contribution in [2.75, 3.05) is 13.1 Å². The Labute approximate surface area is 117 Å². The third-order valence-corrected chi connectivity index (χ3v) is 4.79. The lowest BCUT2D eigenvalue weighted by molar-refractivity contribution is -0.385. The van der Waals surface area contributed by atoms with Crippen molar-refractivity contribution in [2.45, 2.75) is 30.7 Å². The van der Waals surface area contributed by atoms with Gasteiger partial charge in [0.25, 0.3) is 5.69 Å². The summed E-state index contributed by atoms with van der Waals surface area (Å²) in [5.41, 5.74) is 0.248. The minimum Gasteiger partial charge on any atom is -0.313 e. The molecule has 0 bridgehead atoms. The highest BCUT2D eigenvalue weighted by Crippen LogP contribution is 2.22. The molecule has 2 rings (SSSR count). The Morgan fingerprint density at radius 1 is 1.50 bits per heavy atom. The van der Waals surface area contributed by atoms with E-state index < -0.39 is 14.9 Å². The monoisotopic (exact) mass is 299 g/mol. The van der Waals surface area contributed by atoms with Crippen molar-refractivity contribution in [3.8, 4) is 0 Å². The topological polar surface area (TPSA) is 101 Å². The van der Waals surface area contributed by atoms with Crippen LogP contribution in [0.1, 0.15) is 18.4 Å². The molecule has 1 aliphatic heterocycles. The van der Waals surface area contributed by atoms with Gasteiger partial charge in [0, 0.05) is 24.2 Å². The number of hydrogen-bond acceptors (Lipinski definition) is 5. The van der Waals surface area contributed by atoms with Crippen LogP contribution in [0.2, 0.25) is 0 Å². The first-order valence-electron chi connectivity index (χ1n) is 6.38. The van der Waals surface area contributed by atoms with Gasteiger partial charge >= 0.3 is 0 Å². The average Bonchev–Trinajstić information content (AvgIpc) is 2.89. The van der Waals surface area contributed by atoms with Crippen molar-refractivity contribution < 1.29 is 13.3 Å². The first kappa shape index (κ1) is 14.9. The lowest BCUT2D eigenvalue weighted by Crippen LogP contribution is -2.37. The average molecular weight is 299 g/mol. The van der Waals surface area contributed by atoms with Gasteiger partial charge in [-0.1, -0.05) is 6.07 Å². The smallest absolute Gasteiger partial charge is 0.273 e. The number of sulfonamides is 1. The molecule has 0 saturated carbocycles. The molecule has 20 heavy (non-hydrogen) atoms. The second kappa shape index (κ2) is 5.86. The van der Waals surface area contributed by atoms with Crippen molar-refractivity contribution in [3.05, 3.63) is 33.9 Å². The molecular weight excluding hydrogens is 282 g/mol. The van der Waals surface area contributed by atoms with Crippen molar-refractivity contribution in [2.24, 2.45) is 0 Å². The molecule has 1 fully saturated rings. The predicted molar refractivity (Wildman–Crippen MR) is 74.0 cm³/mol. The Kier molecular flexibility index (Phi) is 4.36. The quantitative estimate of drug-likeness (QED) is 0.622. The SMILES string of the molecule is Cc1ccc(S(=O)(=O)NCC2CCCN2)cc1[N+](=O)[O-]. The van der Waals surface area contributed by atoms with Gasteiger partial charge in [0.2, 0.25) is 10.0 Å². The predicted octanol–water partition coefficient (Wildman–Crippen LogP) is 0.934. The van der Waals surface area contributed by atoms with Gasteiger partial charge in [-0.05, 0) is 32.4 Å². The van der Waals surface area contributed by atoms with Crippen LogP contribution in [0.3, 0.4) is 0 Å². The van der Waals surface area contributed by atoms with Gasteiger partial charge in [0.15, 0.2) is 0 Å². The number of aryl methyl sites for hydroxylation is 1. The summed E-state index contributed by atoms with van der Waals surface area (Å²) in [6, 6.07) is 4.05. The van der Waals surface area contributed by atoms with Gasteiger partial charge in [-0.15, -0.1) is 0 Å². The Bertz CT molecular complexity index is 609. The molecule has 0 radical (unpaired) electrons. The van der Waals surface area contributed by atoms with Crippen LogP contribution in [0.25, 0.3) is 0 Å². The van der Waals surface area contributed by atoms with Crippen LogP contribution in [-0.4, -0.2) is 32.5 Å². The van der Waals surface area contributed by atoms with Crippen LogP contribution in [0.15, 0.2) is 23.1 Å². The van der Waals surface area contributed by atoms with E-state index in [0.717, 1.165) is 25.5 Å². The number of nitro benzene ring substituents is 1. The van der Waals surface area contributed by atoms with Gasteiger partial charge in [0.05, 0.1) is 9.82 Å². The summed E-state index contributed by atoms with van der Waals surface area (Å²) < 4.78 is 26.7. The van der Waals surface area contributed by atoms with E-state index in [1.807, 2.05) is 0 Å². The number of nitrogens with one attached hydrogen (secondary N) is 2. The van der Waals surface area contributed by atoms with Gasteiger partial charge in [0.1, 0.15) is 0 Å². The summed E-state index contributed by atoms with van der Waals surface area (Å²) in [5.74, 6) is 0. The van der Waals surface area contributed by atoms with Crippen LogP contribution >= 0.6 is 0 Å². The molecule has 0 aromatic heterocycles. The fourth-order valence-corrected chi connectivity index (χ4v) is 3.28. The number of benzene rings is 1. The number of nitro groups is 1. The fraction of sp³-hybridized carbons (Fsp3) is 0.500. The van der Waals surface area contributed by atoms with Crippen molar-refractivity contribution in [3.63, 3.8) is 0 Å². The molecule has 1 aromatic carbocycles. The summed E-state index contributed by atoms with van der Waals surface area (Å²) in [6.45, 7) is 2.76. The Morgan fingerprint density at radius 3 is 2.85 bits per heavy atom. The minimum atomic E-state index is -3.71. The molecule has 0 spiro atoms. The van der Waals surface area contributed by atoms with Gasteiger partial charge < -0.3 is 5.32 Å². The molecule has 0 aliphatic carbocycles. The highest BCUT2D eigenvalue weighted by Gasteiger charge is 2.22. The van der Waals surface area contributed by atoms with E-state index in [2.05, 4.69) is 10.0 Å². The molecule has 8 heteroatoms. The standard InChI is InChI=1S/C12H17N3O4S/c1-9-4-5-11(7-12(9)15(16)17)20(18,19)14-8-10-3-2-6-13-10/h4-5,7,10,13-14H,2-3,6,8H2,1H3. The normalized spacial score (nSPS) is 19.1. The molecule has 1 saturated heterocycles. The van der Waals surface area contributed by atoms with Crippen LogP contribution < -0.4 is 10.0 Å². The van der Waals surface area contributed by atoms with Crippen molar-refractivity contribution >= 4 is 15.7 Å². The Balaban J connectivity index is 2.16. The summed E-state index contributed by atoms with van der Waals surface area (Å²) >= 11 is 0. The molecule has 0 amide bonds. The third kappa shape index (κ3) is 3.33. The van der Waals surface area contributed by atoms with E-state index in [9.17, 15) is 18.5 Å². The zero-order chi connectivity index (χ0) is 14.8. The molecular formula is C12H17N3O4S. The largest absolute Gasteiger partial charge is 0.313 e. The maximum Gasteiger partial charge on any atom is 0.273 e. The van der Waals surface area contributed by atoms with Gasteiger partial charge in [-0.25, -0.2) is 13.1 Å². The molecule has 1 aromatic rings. The molecule has 7 nitrogen and oxygen atoms in total. The Hall–Kier alpha value is -1.51. The van der Waals surface area contributed by atoms with E-state index in [1.54, 1.807) is 6.92 Å². The summed E-state index contributed by atoms with van der Waals surface area (Å²) in [5, 5.41) is 14.0. The minimum absolute atomic E-state index is 0.0761. The fourth-order valence-electron chi connectivity index (χ4n) is 2.18. The third-order valence-electron chi connectivity index (χ3n) is 3.37. The van der Waals surface area contributed by atoms with Crippen molar-refractivity contribution in [1.82, 2.24) is 10.0 Å². The summed E-state index contributed by atoms with van der Waals surface area (Å²) in [6.07, 6.45) is 1.96. The molecule has 1 heterocycles. The van der Waals surface area contributed by atoms with Crippen LogP contribution in [0.5, 0.6) is 0 Å². The van der Waals surface area contributed by atoms with E-state index in [4.69, 9.17) is 0 Å². The molecule has 1 atom stereocenters. The lowest BCUT2D eigenvalue weighted by atomic mass is 10.2. The first-order chi connectivity index (χ1) is 9.40. The molecule has 1 aliphatic rings. The lowest BCUT2D eigenvalue weighted by Gasteiger charge is -2.12.